The summed E-state index contributed by atoms with van der Waals surface area (Å²) in [5, 5.41) is 0.672. The number of thiocarbonyl (C=S) groups is 1. The third-order valence-electron chi connectivity index (χ3n) is 3.75. The van der Waals surface area contributed by atoms with E-state index >= 15 is 0 Å². The van der Waals surface area contributed by atoms with Crippen molar-refractivity contribution in [2.24, 2.45) is 0 Å². The molecule has 0 aromatic heterocycles. The van der Waals surface area contributed by atoms with Gasteiger partial charge in [-0.2, -0.15) is 0 Å². The Labute approximate surface area is 132 Å². The summed E-state index contributed by atoms with van der Waals surface area (Å²) in [5.74, 6) is 0. The summed E-state index contributed by atoms with van der Waals surface area (Å²) in [7, 11) is 0. The van der Waals surface area contributed by atoms with Gasteiger partial charge in [0.1, 0.15) is 0 Å². The Balaban J connectivity index is 3.22. The molecule has 0 rings (SSSR count). The second kappa shape index (κ2) is 15.1. The number of nitrogens with zero attached hydrogens (tertiary/aromatic N) is 1. The maximum absolute atomic E-state index is 5.62. The van der Waals surface area contributed by atoms with Crippen molar-refractivity contribution in [2.75, 3.05) is 19.7 Å². The zero-order valence-corrected chi connectivity index (χ0v) is 14.8. The van der Waals surface area contributed by atoms with Gasteiger partial charge in [0.25, 0.3) is 5.17 Å². The Bertz CT molecular complexity index is 217. The summed E-state index contributed by atoms with van der Waals surface area (Å²) in [5.41, 5.74) is 0. The summed E-state index contributed by atoms with van der Waals surface area (Å²) in [4.78, 5) is 2.09. The Morgan fingerprint density at radius 1 is 0.750 bits per heavy atom. The third-order valence-corrected chi connectivity index (χ3v) is 4.12. The number of ether oxygens (including phenoxy) is 1. The van der Waals surface area contributed by atoms with E-state index in [9.17, 15) is 0 Å². The van der Waals surface area contributed by atoms with Gasteiger partial charge < -0.3 is 9.64 Å². The van der Waals surface area contributed by atoms with Crippen LogP contribution in [0.1, 0.15) is 85.0 Å². The lowest BCUT2D eigenvalue weighted by atomic mass is 10.1. The Morgan fingerprint density at radius 2 is 1.20 bits per heavy atom. The van der Waals surface area contributed by atoms with Crippen LogP contribution in [-0.4, -0.2) is 29.8 Å². The molecule has 0 fully saturated rings. The molecule has 0 radical (unpaired) electrons. The highest BCUT2D eigenvalue weighted by Crippen LogP contribution is 2.10. The topological polar surface area (TPSA) is 12.5 Å². The van der Waals surface area contributed by atoms with E-state index in [-0.39, 0.29) is 0 Å². The molecule has 0 aliphatic heterocycles. The Morgan fingerprint density at radius 3 is 1.65 bits per heavy atom. The van der Waals surface area contributed by atoms with E-state index in [1.165, 1.54) is 57.8 Å². The molecule has 0 bridgehead atoms. The lowest BCUT2D eigenvalue weighted by molar-refractivity contribution is 0.241. The SMILES string of the molecule is CCCCCCCCCCCCOC(=S)N(CC)CC. The molecule has 0 saturated heterocycles. The van der Waals surface area contributed by atoms with E-state index in [2.05, 4.69) is 25.7 Å². The van der Waals surface area contributed by atoms with Gasteiger partial charge in [0.15, 0.2) is 0 Å². The Kier molecular flexibility index (Phi) is 14.9. The van der Waals surface area contributed by atoms with Crippen LogP contribution < -0.4 is 0 Å². The van der Waals surface area contributed by atoms with Crippen LogP contribution in [0.3, 0.4) is 0 Å². The van der Waals surface area contributed by atoms with Crippen molar-refractivity contribution in [3.05, 3.63) is 0 Å². The van der Waals surface area contributed by atoms with Gasteiger partial charge in [-0.25, -0.2) is 0 Å². The minimum absolute atomic E-state index is 0.672. The maximum Gasteiger partial charge on any atom is 0.259 e. The fraction of sp³-hybridized carbons (Fsp3) is 0.941. The number of rotatable bonds is 13. The third kappa shape index (κ3) is 11.5. The first-order valence-electron chi connectivity index (χ1n) is 8.67. The molecule has 0 aliphatic carbocycles. The average Bonchev–Trinajstić information content (AvgIpc) is 2.46. The molecular formula is C17H35NOS. The van der Waals surface area contributed by atoms with Gasteiger partial charge in [-0.05, 0) is 32.5 Å². The molecule has 3 heteroatoms. The molecule has 0 unspecified atom stereocenters. The summed E-state index contributed by atoms with van der Waals surface area (Å²) in [6.07, 6.45) is 13.6. The molecule has 0 N–H and O–H groups in total. The first kappa shape index (κ1) is 19.7. The monoisotopic (exact) mass is 301 g/mol. The van der Waals surface area contributed by atoms with Gasteiger partial charge >= 0.3 is 0 Å². The largest absolute Gasteiger partial charge is 0.471 e. The van der Waals surface area contributed by atoms with Crippen molar-refractivity contribution in [2.45, 2.75) is 85.0 Å². The van der Waals surface area contributed by atoms with E-state index in [0.717, 1.165) is 26.1 Å². The van der Waals surface area contributed by atoms with Crippen LogP contribution in [0.15, 0.2) is 0 Å². The molecule has 2 nitrogen and oxygen atoms in total. The molecule has 0 heterocycles. The van der Waals surface area contributed by atoms with Crippen molar-refractivity contribution >= 4 is 17.4 Å². The molecule has 0 saturated carbocycles. The van der Waals surface area contributed by atoms with Crippen molar-refractivity contribution in [3.8, 4) is 0 Å². The standard InChI is InChI=1S/C17H35NOS/c1-4-7-8-9-10-11-12-13-14-15-16-19-17(20)18(5-2)6-3/h4-16H2,1-3H3. The zero-order chi connectivity index (χ0) is 15.1. The lowest BCUT2D eigenvalue weighted by Crippen LogP contribution is -2.31. The second-order valence-electron chi connectivity index (χ2n) is 5.47. The molecule has 120 valence electrons. The lowest BCUT2D eigenvalue weighted by Gasteiger charge is -2.21. The van der Waals surface area contributed by atoms with E-state index in [4.69, 9.17) is 17.0 Å². The van der Waals surface area contributed by atoms with Crippen LogP contribution in [0, 0.1) is 0 Å². The van der Waals surface area contributed by atoms with Crippen molar-refractivity contribution in [1.29, 1.82) is 0 Å². The molecule has 0 aromatic rings. The molecule has 20 heavy (non-hydrogen) atoms. The van der Waals surface area contributed by atoms with Crippen LogP contribution in [0.5, 0.6) is 0 Å². The van der Waals surface area contributed by atoms with Crippen LogP contribution in [0.2, 0.25) is 0 Å². The highest BCUT2D eigenvalue weighted by molar-refractivity contribution is 7.80. The smallest absolute Gasteiger partial charge is 0.259 e. The normalized spacial score (nSPS) is 10.6. The second-order valence-corrected chi connectivity index (χ2v) is 5.82. The number of hydrogen-bond acceptors (Lipinski definition) is 2. The zero-order valence-electron chi connectivity index (χ0n) is 14.0. The van der Waals surface area contributed by atoms with Crippen LogP contribution in [0.25, 0.3) is 0 Å². The highest BCUT2D eigenvalue weighted by Gasteiger charge is 2.05. The van der Waals surface area contributed by atoms with E-state index < -0.39 is 0 Å². The van der Waals surface area contributed by atoms with Gasteiger partial charge in [0, 0.05) is 13.1 Å². The average molecular weight is 302 g/mol. The minimum atomic E-state index is 0.672. The quantitative estimate of drug-likeness (QED) is 0.327. The van der Waals surface area contributed by atoms with Crippen LogP contribution >= 0.6 is 12.2 Å². The number of unbranched alkanes of at least 4 members (excludes halogenated alkanes) is 9. The Hall–Kier alpha value is -0.310. The number of hydrogen-bond donors (Lipinski definition) is 0. The van der Waals surface area contributed by atoms with E-state index in [1.54, 1.807) is 0 Å². The fourth-order valence-electron chi connectivity index (χ4n) is 2.32. The molecule has 0 aliphatic rings. The molecular weight excluding hydrogens is 266 g/mol. The molecule has 0 amide bonds. The summed E-state index contributed by atoms with van der Waals surface area (Å²) in [6, 6.07) is 0. The summed E-state index contributed by atoms with van der Waals surface area (Å²) in [6.45, 7) is 9.15. The predicted octanol–water partition coefficient (Wildman–Crippen LogP) is 5.55. The highest BCUT2D eigenvalue weighted by atomic mass is 32.1. The molecule has 0 atom stereocenters. The van der Waals surface area contributed by atoms with Crippen LogP contribution in [0.4, 0.5) is 0 Å². The van der Waals surface area contributed by atoms with Gasteiger partial charge in [-0.15, -0.1) is 0 Å². The molecule has 0 spiro atoms. The first-order chi connectivity index (χ1) is 9.76. The van der Waals surface area contributed by atoms with E-state index in [0.29, 0.717) is 5.17 Å². The van der Waals surface area contributed by atoms with Crippen LogP contribution in [-0.2, 0) is 4.74 Å². The van der Waals surface area contributed by atoms with Gasteiger partial charge in [-0.3, -0.25) is 0 Å². The first-order valence-corrected chi connectivity index (χ1v) is 9.08. The van der Waals surface area contributed by atoms with E-state index in [1.807, 2.05) is 0 Å². The van der Waals surface area contributed by atoms with Gasteiger partial charge in [-0.1, -0.05) is 64.7 Å². The fourth-order valence-corrected chi connectivity index (χ4v) is 2.66. The minimum Gasteiger partial charge on any atom is -0.471 e. The predicted molar refractivity (Wildman–Crippen MR) is 93.3 cm³/mol. The van der Waals surface area contributed by atoms with Crippen molar-refractivity contribution < 1.29 is 4.74 Å². The summed E-state index contributed by atoms with van der Waals surface area (Å²) >= 11 is 5.25. The van der Waals surface area contributed by atoms with Gasteiger partial charge in [0.05, 0.1) is 6.61 Å². The maximum atomic E-state index is 5.62. The van der Waals surface area contributed by atoms with Crippen molar-refractivity contribution in [3.63, 3.8) is 0 Å². The van der Waals surface area contributed by atoms with Crippen molar-refractivity contribution in [1.82, 2.24) is 4.90 Å². The summed E-state index contributed by atoms with van der Waals surface area (Å²) < 4.78 is 5.62. The van der Waals surface area contributed by atoms with Gasteiger partial charge in [0.2, 0.25) is 0 Å². The molecule has 0 aromatic carbocycles.